The Morgan fingerprint density at radius 2 is 1.58 bits per heavy atom. The van der Waals surface area contributed by atoms with Gasteiger partial charge in [-0.05, 0) is 42.3 Å². The fourth-order valence-electron chi connectivity index (χ4n) is 3.95. The Kier molecular flexibility index (Phi) is 6.64. The van der Waals surface area contributed by atoms with Gasteiger partial charge in [0.1, 0.15) is 0 Å². The molecule has 0 bridgehead atoms. The van der Waals surface area contributed by atoms with Crippen LogP contribution in [0.3, 0.4) is 0 Å². The van der Waals surface area contributed by atoms with Crippen LogP contribution in [0.1, 0.15) is 34.6 Å². The van der Waals surface area contributed by atoms with Crippen molar-refractivity contribution in [1.82, 2.24) is 10.2 Å². The van der Waals surface area contributed by atoms with Crippen LogP contribution in [0.25, 0.3) is 0 Å². The number of alkyl halides is 6. The van der Waals surface area contributed by atoms with Crippen molar-refractivity contribution in [2.24, 2.45) is 5.92 Å². The first kappa shape index (κ1) is 23.1. The SMILES string of the molecule is CN(Cc1cc(C(F)(F)F)cc(C(F)(F)F)c1)C(=O)C1CCNCC1c1ccccc1. The number of carbonyl (C=O) groups is 1. The molecule has 2 aromatic rings. The maximum atomic E-state index is 13.1. The minimum absolute atomic E-state index is 0.0869. The maximum Gasteiger partial charge on any atom is 0.416 e. The number of amides is 1. The Morgan fingerprint density at radius 1 is 1.00 bits per heavy atom. The largest absolute Gasteiger partial charge is 0.416 e. The number of nitrogens with one attached hydrogen (secondary N) is 1. The van der Waals surface area contributed by atoms with Crippen LogP contribution in [0.5, 0.6) is 0 Å². The number of rotatable bonds is 4. The van der Waals surface area contributed by atoms with E-state index in [-0.39, 0.29) is 30.0 Å². The summed E-state index contributed by atoms with van der Waals surface area (Å²) >= 11 is 0. The molecule has 0 spiro atoms. The first-order valence-corrected chi connectivity index (χ1v) is 9.76. The normalized spacial score (nSPS) is 19.8. The van der Waals surface area contributed by atoms with Gasteiger partial charge in [0.15, 0.2) is 0 Å². The van der Waals surface area contributed by atoms with Crippen molar-refractivity contribution in [1.29, 1.82) is 0 Å². The van der Waals surface area contributed by atoms with E-state index < -0.39 is 29.4 Å². The molecule has 2 atom stereocenters. The van der Waals surface area contributed by atoms with Crippen LogP contribution in [0.2, 0.25) is 0 Å². The minimum Gasteiger partial charge on any atom is -0.341 e. The van der Waals surface area contributed by atoms with Gasteiger partial charge in [0, 0.05) is 32.0 Å². The van der Waals surface area contributed by atoms with Crippen LogP contribution < -0.4 is 5.32 Å². The van der Waals surface area contributed by atoms with E-state index in [1.807, 2.05) is 30.3 Å². The lowest BCUT2D eigenvalue weighted by Gasteiger charge is -2.34. The van der Waals surface area contributed by atoms with Gasteiger partial charge in [-0.25, -0.2) is 0 Å². The molecule has 9 heteroatoms. The first-order valence-electron chi connectivity index (χ1n) is 9.76. The van der Waals surface area contributed by atoms with E-state index in [0.29, 0.717) is 31.6 Å². The summed E-state index contributed by atoms with van der Waals surface area (Å²) in [6, 6.07) is 10.8. The molecule has 2 aromatic carbocycles. The van der Waals surface area contributed by atoms with Crippen LogP contribution >= 0.6 is 0 Å². The summed E-state index contributed by atoms with van der Waals surface area (Å²) in [7, 11) is 1.40. The van der Waals surface area contributed by atoms with E-state index in [2.05, 4.69) is 5.32 Å². The average molecular weight is 444 g/mol. The van der Waals surface area contributed by atoms with Crippen molar-refractivity contribution in [3.8, 4) is 0 Å². The van der Waals surface area contributed by atoms with E-state index in [4.69, 9.17) is 0 Å². The number of piperidine rings is 1. The Hall–Kier alpha value is -2.55. The number of carbonyl (C=O) groups excluding carboxylic acids is 1. The van der Waals surface area contributed by atoms with E-state index in [1.165, 1.54) is 11.9 Å². The third-order valence-corrected chi connectivity index (χ3v) is 5.47. The summed E-state index contributed by atoms with van der Waals surface area (Å²) in [4.78, 5) is 14.3. The number of hydrogen-bond donors (Lipinski definition) is 1. The highest BCUT2D eigenvalue weighted by atomic mass is 19.4. The Morgan fingerprint density at radius 3 is 2.13 bits per heavy atom. The molecule has 0 saturated carbocycles. The van der Waals surface area contributed by atoms with Crippen LogP contribution in [-0.2, 0) is 23.7 Å². The van der Waals surface area contributed by atoms with Crippen molar-refractivity contribution < 1.29 is 31.1 Å². The second-order valence-corrected chi connectivity index (χ2v) is 7.72. The lowest BCUT2D eigenvalue weighted by atomic mass is 9.80. The molecule has 3 nitrogen and oxygen atoms in total. The van der Waals surface area contributed by atoms with E-state index >= 15 is 0 Å². The highest BCUT2D eigenvalue weighted by molar-refractivity contribution is 5.80. The molecular formula is C22H22F6N2O. The molecule has 1 aliphatic rings. The van der Waals surface area contributed by atoms with Gasteiger partial charge >= 0.3 is 12.4 Å². The standard InChI is InChI=1S/C22H22F6N2O/c1-30(13-14-9-16(21(23,24)25)11-17(10-14)22(26,27)28)20(31)18-7-8-29-12-19(18)15-5-3-2-4-6-15/h2-6,9-11,18-19,29H,7-8,12-13H2,1H3. The summed E-state index contributed by atoms with van der Waals surface area (Å²) in [6.07, 6.45) is -9.32. The first-order chi connectivity index (χ1) is 14.5. The molecule has 1 N–H and O–H groups in total. The number of nitrogens with zero attached hydrogens (tertiary/aromatic N) is 1. The van der Waals surface area contributed by atoms with Crippen molar-refractivity contribution in [3.63, 3.8) is 0 Å². The molecule has 31 heavy (non-hydrogen) atoms. The molecule has 1 amide bonds. The summed E-state index contributed by atoms with van der Waals surface area (Å²) in [5, 5.41) is 3.23. The number of benzene rings is 2. The van der Waals surface area contributed by atoms with Gasteiger partial charge in [-0.3, -0.25) is 4.79 Å². The summed E-state index contributed by atoms with van der Waals surface area (Å²) in [5.74, 6) is -0.847. The van der Waals surface area contributed by atoms with Gasteiger partial charge in [0.25, 0.3) is 0 Å². The molecule has 1 saturated heterocycles. The molecule has 0 radical (unpaired) electrons. The lowest BCUT2D eigenvalue weighted by Crippen LogP contribution is -2.43. The quantitative estimate of drug-likeness (QED) is 0.668. The Balaban J connectivity index is 1.84. The van der Waals surface area contributed by atoms with Crippen molar-refractivity contribution in [3.05, 3.63) is 70.8 Å². The van der Waals surface area contributed by atoms with Crippen molar-refractivity contribution in [2.45, 2.75) is 31.2 Å². The van der Waals surface area contributed by atoms with E-state index in [0.717, 1.165) is 5.56 Å². The van der Waals surface area contributed by atoms with Crippen LogP contribution in [0.4, 0.5) is 26.3 Å². The van der Waals surface area contributed by atoms with Crippen molar-refractivity contribution >= 4 is 5.91 Å². The zero-order valence-corrected chi connectivity index (χ0v) is 16.7. The van der Waals surface area contributed by atoms with Gasteiger partial charge in [0.05, 0.1) is 11.1 Å². The molecular weight excluding hydrogens is 422 g/mol. The number of halogens is 6. The molecule has 0 aromatic heterocycles. The zero-order chi connectivity index (χ0) is 22.8. The minimum atomic E-state index is -4.92. The second kappa shape index (κ2) is 8.90. The van der Waals surface area contributed by atoms with E-state index in [9.17, 15) is 31.1 Å². The highest BCUT2D eigenvalue weighted by Gasteiger charge is 2.38. The molecule has 1 fully saturated rings. The van der Waals surface area contributed by atoms with Gasteiger partial charge in [-0.15, -0.1) is 0 Å². The average Bonchev–Trinajstić information content (AvgIpc) is 2.72. The second-order valence-electron chi connectivity index (χ2n) is 7.72. The van der Waals surface area contributed by atoms with Gasteiger partial charge < -0.3 is 10.2 Å². The summed E-state index contributed by atoms with van der Waals surface area (Å²) in [6.45, 7) is 0.822. The summed E-state index contributed by atoms with van der Waals surface area (Å²) in [5.41, 5.74) is -2.03. The van der Waals surface area contributed by atoms with Crippen LogP contribution in [-0.4, -0.2) is 30.9 Å². The fourth-order valence-corrected chi connectivity index (χ4v) is 3.95. The monoisotopic (exact) mass is 444 g/mol. The third-order valence-electron chi connectivity index (χ3n) is 5.47. The van der Waals surface area contributed by atoms with E-state index in [1.54, 1.807) is 0 Å². The Labute approximate surface area is 176 Å². The molecule has 1 aliphatic heterocycles. The van der Waals surface area contributed by atoms with Gasteiger partial charge in [0.2, 0.25) is 5.91 Å². The molecule has 168 valence electrons. The molecule has 0 aliphatic carbocycles. The van der Waals surface area contributed by atoms with Crippen LogP contribution in [0.15, 0.2) is 48.5 Å². The third kappa shape index (κ3) is 5.58. The molecule has 3 rings (SSSR count). The summed E-state index contributed by atoms with van der Waals surface area (Å²) < 4.78 is 78.6. The fraction of sp³-hybridized carbons (Fsp3) is 0.409. The zero-order valence-electron chi connectivity index (χ0n) is 16.7. The topological polar surface area (TPSA) is 32.3 Å². The van der Waals surface area contributed by atoms with Crippen molar-refractivity contribution in [2.75, 3.05) is 20.1 Å². The van der Waals surface area contributed by atoms with Gasteiger partial charge in [-0.1, -0.05) is 30.3 Å². The molecule has 1 heterocycles. The Bertz CT molecular complexity index is 878. The highest BCUT2D eigenvalue weighted by Crippen LogP contribution is 2.37. The maximum absolute atomic E-state index is 13.1. The number of hydrogen-bond acceptors (Lipinski definition) is 2. The smallest absolute Gasteiger partial charge is 0.341 e. The molecule has 2 unspecified atom stereocenters. The lowest BCUT2D eigenvalue weighted by molar-refractivity contribution is -0.143. The predicted molar refractivity (Wildman–Crippen MR) is 103 cm³/mol. The van der Waals surface area contributed by atoms with Crippen LogP contribution in [0, 0.1) is 5.92 Å². The van der Waals surface area contributed by atoms with Gasteiger partial charge in [-0.2, -0.15) is 26.3 Å². The predicted octanol–water partition coefficient (Wildman–Crippen LogP) is 5.08.